The number of rotatable bonds is 1. The second-order valence-electron chi connectivity index (χ2n) is 10.8. The molecule has 1 N–H and O–H groups in total. The lowest BCUT2D eigenvalue weighted by Gasteiger charge is -2.42. The Morgan fingerprint density at radius 3 is 2.13 bits per heavy atom. The van der Waals surface area contributed by atoms with Gasteiger partial charge in [-0.15, -0.1) is 0 Å². The number of aromatic amines is 1. The van der Waals surface area contributed by atoms with Gasteiger partial charge in [0, 0.05) is 49.7 Å². The SMILES string of the molecule is CN1c2ccccc2Sc2cc3c(cc21)[nH]c1cc2c(cc13)N(c1ccccc1)c1ccccc1C2(C)C. The first-order chi connectivity index (χ1) is 18.5. The molecule has 0 atom stereocenters. The van der Waals surface area contributed by atoms with E-state index in [0.717, 1.165) is 0 Å². The van der Waals surface area contributed by atoms with E-state index in [1.807, 2.05) is 11.8 Å². The molecule has 2 aliphatic rings. The molecule has 38 heavy (non-hydrogen) atoms. The Morgan fingerprint density at radius 2 is 1.29 bits per heavy atom. The molecule has 0 saturated heterocycles. The van der Waals surface area contributed by atoms with Crippen molar-refractivity contribution in [3.8, 4) is 0 Å². The van der Waals surface area contributed by atoms with Crippen molar-refractivity contribution in [3.05, 3.63) is 114 Å². The smallest absolute Gasteiger partial charge is 0.0571 e. The van der Waals surface area contributed by atoms with Crippen LogP contribution in [0, 0.1) is 0 Å². The van der Waals surface area contributed by atoms with E-state index in [9.17, 15) is 0 Å². The van der Waals surface area contributed by atoms with Crippen LogP contribution in [0.25, 0.3) is 21.8 Å². The summed E-state index contributed by atoms with van der Waals surface area (Å²) in [7, 11) is 2.17. The molecule has 2 aliphatic heterocycles. The van der Waals surface area contributed by atoms with Gasteiger partial charge < -0.3 is 14.8 Å². The van der Waals surface area contributed by atoms with Crippen molar-refractivity contribution in [3.63, 3.8) is 0 Å². The zero-order valence-corrected chi connectivity index (χ0v) is 22.4. The lowest BCUT2D eigenvalue weighted by molar-refractivity contribution is 0.633. The summed E-state index contributed by atoms with van der Waals surface area (Å²) in [5.41, 5.74) is 11.1. The van der Waals surface area contributed by atoms with Crippen LogP contribution in [-0.4, -0.2) is 12.0 Å². The second kappa shape index (κ2) is 7.68. The number of nitrogens with zero attached hydrogens (tertiary/aromatic N) is 2. The summed E-state index contributed by atoms with van der Waals surface area (Å²) in [6, 6.07) is 37.7. The normalized spacial score (nSPS) is 15.2. The summed E-state index contributed by atoms with van der Waals surface area (Å²) in [5.74, 6) is 0. The van der Waals surface area contributed by atoms with Gasteiger partial charge in [0.2, 0.25) is 0 Å². The first-order valence-corrected chi connectivity index (χ1v) is 13.9. The van der Waals surface area contributed by atoms with Gasteiger partial charge >= 0.3 is 0 Å². The minimum atomic E-state index is -0.125. The maximum atomic E-state index is 3.78. The molecule has 0 amide bonds. The Bertz CT molecular complexity index is 1900. The highest BCUT2D eigenvalue weighted by Crippen LogP contribution is 2.54. The van der Waals surface area contributed by atoms with E-state index < -0.39 is 0 Å². The predicted molar refractivity (Wildman–Crippen MR) is 161 cm³/mol. The Hall–Kier alpha value is -4.15. The summed E-state index contributed by atoms with van der Waals surface area (Å²) in [5, 5.41) is 2.53. The molecule has 0 unspecified atom stereocenters. The number of aromatic nitrogens is 1. The number of benzene rings is 5. The van der Waals surface area contributed by atoms with Gasteiger partial charge in [-0.3, -0.25) is 0 Å². The Labute approximate surface area is 226 Å². The molecular weight excluding hydrogens is 482 g/mol. The molecule has 0 fully saturated rings. The fourth-order valence-electron chi connectivity index (χ4n) is 6.38. The van der Waals surface area contributed by atoms with Crippen molar-refractivity contribution >= 4 is 62.0 Å². The quantitative estimate of drug-likeness (QED) is 0.238. The fraction of sp³-hybridized carbons (Fsp3) is 0.118. The average Bonchev–Trinajstić information content (AvgIpc) is 3.29. The van der Waals surface area contributed by atoms with E-state index in [1.54, 1.807) is 0 Å². The molecule has 0 radical (unpaired) electrons. The molecule has 0 aliphatic carbocycles. The molecule has 8 rings (SSSR count). The molecule has 3 heterocycles. The molecular formula is C34H27N3S. The average molecular weight is 510 g/mol. The van der Waals surface area contributed by atoms with Gasteiger partial charge in [-0.25, -0.2) is 0 Å². The summed E-state index contributed by atoms with van der Waals surface area (Å²) >= 11 is 1.86. The molecule has 0 bridgehead atoms. The van der Waals surface area contributed by atoms with Crippen LogP contribution in [0.5, 0.6) is 0 Å². The molecule has 3 nitrogen and oxygen atoms in total. The number of para-hydroxylation sites is 3. The van der Waals surface area contributed by atoms with Crippen LogP contribution >= 0.6 is 11.8 Å². The number of anilines is 5. The monoisotopic (exact) mass is 509 g/mol. The third kappa shape index (κ3) is 2.92. The van der Waals surface area contributed by atoms with E-state index in [-0.39, 0.29) is 5.41 Å². The number of hydrogen-bond donors (Lipinski definition) is 1. The summed E-state index contributed by atoms with van der Waals surface area (Å²) in [6.07, 6.45) is 0. The van der Waals surface area contributed by atoms with Crippen LogP contribution in [0.2, 0.25) is 0 Å². The third-order valence-corrected chi connectivity index (χ3v) is 9.46. The molecule has 5 aromatic carbocycles. The topological polar surface area (TPSA) is 22.3 Å². The Kier molecular flexibility index (Phi) is 4.43. The lowest BCUT2D eigenvalue weighted by Crippen LogP contribution is -2.30. The van der Waals surface area contributed by atoms with Crippen LogP contribution in [0.3, 0.4) is 0 Å². The van der Waals surface area contributed by atoms with Gasteiger partial charge in [-0.05, 0) is 65.7 Å². The van der Waals surface area contributed by atoms with E-state index in [0.29, 0.717) is 0 Å². The highest BCUT2D eigenvalue weighted by atomic mass is 32.2. The molecule has 4 heteroatoms. The molecule has 1 aromatic heterocycles. The van der Waals surface area contributed by atoms with Crippen LogP contribution in [0.1, 0.15) is 25.0 Å². The van der Waals surface area contributed by atoms with Crippen LogP contribution in [0.15, 0.2) is 113 Å². The highest BCUT2D eigenvalue weighted by Gasteiger charge is 2.37. The summed E-state index contributed by atoms with van der Waals surface area (Å²) < 4.78 is 0. The highest BCUT2D eigenvalue weighted by molar-refractivity contribution is 7.99. The van der Waals surface area contributed by atoms with Crippen molar-refractivity contribution in [1.82, 2.24) is 4.98 Å². The second-order valence-corrected chi connectivity index (χ2v) is 11.9. The van der Waals surface area contributed by atoms with Crippen LogP contribution in [0.4, 0.5) is 28.4 Å². The first kappa shape index (κ1) is 21.9. The lowest BCUT2D eigenvalue weighted by atomic mass is 9.73. The summed E-state index contributed by atoms with van der Waals surface area (Å²) in [6.45, 7) is 4.70. The Balaban J connectivity index is 1.40. The van der Waals surface area contributed by atoms with Gasteiger partial charge in [0.05, 0.1) is 22.7 Å². The maximum absolute atomic E-state index is 3.78. The van der Waals surface area contributed by atoms with Crippen LogP contribution in [-0.2, 0) is 5.41 Å². The minimum Gasteiger partial charge on any atom is -0.354 e. The maximum Gasteiger partial charge on any atom is 0.0571 e. The zero-order chi connectivity index (χ0) is 25.6. The van der Waals surface area contributed by atoms with Gasteiger partial charge in [-0.2, -0.15) is 0 Å². The number of hydrogen-bond acceptors (Lipinski definition) is 3. The van der Waals surface area contributed by atoms with E-state index in [1.165, 1.54) is 71.2 Å². The number of nitrogens with one attached hydrogen (secondary N) is 1. The Morgan fingerprint density at radius 1 is 0.605 bits per heavy atom. The van der Waals surface area contributed by atoms with Crippen molar-refractivity contribution in [2.45, 2.75) is 29.1 Å². The third-order valence-electron chi connectivity index (χ3n) is 8.35. The molecule has 184 valence electrons. The molecule has 0 saturated carbocycles. The van der Waals surface area contributed by atoms with Crippen molar-refractivity contribution in [1.29, 1.82) is 0 Å². The van der Waals surface area contributed by atoms with Crippen molar-refractivity contribution in [2.75, 3.05) is 16.8 Å². The van der Waals surface area contributed by atoms with E-state index >= 15 is 0 Å². The van der Waals surface area contributed by atoms with Gasteiger partial charge in [0.15, 0.2) is 0 Å². The first-order valence-electron chi connectivity index (χ1n) is 13.1. The largest absolute Gasteiger partial charge is 0.354 e. The fourth-order valence-corrected chi connectivity index (χ4v) is 7.55. The van der Waals surface area contributed by atoms with E-state index in [4.69, 9.17) is 0 Å². The summed E-state index contributed by atoms with van der Waals surface area (Å²) in [4.78, 5) is 11.1. The van der Waals surface area contributed by atoms with Crippen molar-refractivity contribution in [2.24, 2.45) is 0 Å². The minimum absolute atomic E-state index is 0.125. The number of fused-ring (bicyclic) bond motifs is 7. The number of H-pyrrole nitrogens is 1. The molecule has 6 aromatic rings. The van der Waals surface area contributed by atoms with Gasteiger partial charge in [0.1, 0.15) is 0 Å². The zero-order valence-electron chi connectivity index (χ0n) is 21.6. The van der Waals surface area contributed by atoms with Crippen LogP contribution < -0.4 is 9.80 Å². The van der Waals surface area contributed by atoms with E-state index in [2.05, 4.69) is 139 Å². The predicted octanol–water partition coefficient (Wildman–Crippen LogP) is 9.66. The van der Waals surface area contributed by atoms with Gasteiger partial charge in [-0.1, -0.05) is 74.1 Å². The molecule has 0 spiro atoms. The standard InChI is InChI=1S/C34H27N3S/c1-34(2)24-13-7-8-14-28(24)37(21-11-5-4-6-12-21)30-17-22-23-18-33-31(20-27(23)35-26(22)19-25(30)34)36(3)29-15-9-10-16-32(29)38-33/h4-20,35H,1-3H3. The van der Waals surface area contributed by atoms with Gasteiger partial charge in [0.25, 0.3) is 0 Å². The van der Waals surface area contributed by atoms with Crippen molar-refractivity contribution < 1.29 is 0 Å².